The van der Waals surface area contributed by atoms with E-state index in [9.17, 15) is 10.2 Å². The zero-order chi connectivity index (χ0) is 12.4. The monoisotopic (exact) mass is 235 g/mol. The average Bonchev–Trinajstić information content (AvgIpc) is 2.31. The summed E-state index contributed by atoms with van der Waals surface area (Å²) in [5, 5.41) is 22.8. The Hall–Kier alpha value is -1.22. The smallest absolute Gasteiger partial charge is 0.160 e. The molecule has 1 aromatic rings. The Labute approximate surface area is 102 Å². The van der Waals surface area contributed by atoms with Crippen LogP contribution in [0.3, 0.4) is 0 Å². The van der Waals surface area contributed by atoms with Crippen molar-refractivity contribution in [3.8, 4) is 11.5 Å². The molecule has 0 saturated carbocycles. The Morgan fingerprint density at radius 1 is 1.35 bits per heavy atom. The van der Waals surface area contributed by atoms with E-state index in [4.69, 9.17) is 0 Å². The van der Waals surface area contributed by atoms with Gasteiger partial charge in [0.25, 0.3) is 0 Å². The van der Waals surface area contributed by atoms with Gasteiger partial charge in [-0.2, -0.15) is 0 Å². The van der Waals surface area contributed by atoms with Gasteiger partial charge in [-0.15, -0.1) is 0 Å². The van der Waals surface area contributed by atoms with E-state index < -0.39 is 0 Å². The minimum Gasteiger partial charge on any atom is -0.504 e. The molecule has 0 aromatic heterocycles. The predicted molar refractivity (Wildman–Crippen MR) is 68.6 cm³/mol. The maximum atomic E-state index is 9.87. The fourth-order valence-corrected chi connectivity index (χ4v) is 2.56. The van der Waals surface area contributed by atoms with Gasteiger partial charge in [-0.05, 0) is 36.8 Å². The molecule has 0 amide bonds. The van der Waals surface area contributed by atoms with E-state index in [1.54, 1.807) is 6.07 Å². The van der Waals surface area contributed by atoms with Gasteiger partial charge in [0.15, 0.2) is 11.5 Å². The van der Waals surface area contributed by atoms with Crippen molar-refractivity contribution in [2.75, 3.05) is 6.54 Å². The third-order valence-corrected chi connectivity index (χ3v) is 3.49. The topological polar surface area (TPSA) is 52.5 Å². The van der Waals surface area contributed by atoms with Crippen LogP contribution in [0.2, 0.25) is 0 Å². The molecule has 1 atom stereocenters. The first kappa shape index (κ1) is 12.2. The van der Waals surface area contributed by atoms with Crippen LogP contribution in [0.4, 0.5) is 0 Å². The van der Waals surface area contributed by atoms with Crippen LogP contribution in [-0.2, 0) is 6.42 Å². The Kier molecular flexibility index (Phi) is 3.57. The summed E-state index contributed by atoms with van der Waals surface area (Å²) < 4.78 is 0. The number of aromatic hydroxyl groups is 2. The van der Waals surface area contributed by atoms with E-state index in [1.807, 2.05) is 6.07 Å². The van der Waals surface area contributed by atoms with Crippen LogP contribution in [-0.4, -0.2) is 22.8 Å². The van der Waals surface area contributed by atoms with Gasteiger partial charge in [-0.25, -0.2) is 0 Å². The molecule has 1 aromatic carbocycles. The van der Waals surface area contributed by atoms with Crippen LogP contribution in [0, 0.1) is 0 Å². The van der Waals surface area contributed by atoms with Crippen molar-refractivity contribution < 1.29 is 10.2 Å². The van der Waals surface area contributed by atoms with Gasteiger partial charge in [0.2, 0.25) is 0 Å². The van der Waals surface area contributed by atoms with Crippen LogP contribution in [0.25, 0.3) is 0 Å². The molecule has 94 valence electrons. The molecule has 3 nitrogen and oxygen atoms in total. The Morgan fingerprint density at radius 3 is 2.82 bits per heavy atom. The molecule has 0 radical (unpaired) electrons. The standard InChI is InChI=1S/C14H21NO2/c1-9(2)15-8-10-4-3-5-12-11(10)6-7-13(16)14(12)17/h6-7,9-10,15-17H,3-5,8H2,1-2H3. The number of phenolic OH excluding ortho intramolecular Hbond substituents is 2. The lowest BCUT2D eigenvalue weighted by atomic mass is 9.82. The lowest BCUT2D eigenvalue weighted by Crippen LogP contribution is -2.29. The van der Waals surface area contributed by atoms with Crippen molar-refractivity contribution >= 4 is 0 Å². The van der Waals surface area contributed by atoms with Gasteiger partial charge in [-0.3, -0.25) is 0 Å². The van der Waals surface area contributed by atoms with Gasteiger partial charge in [0, 0.05) is 18.2 Å². The zero-order valence-electron chi connectivity index (χ0n) is 10.5. The highest BCUT2D eigenvalue weighted by Crippen LogP contribution is 2.40. The first-order chi connectivity index (χ1) is 8.09. The molecule has 0 bridgehead atoms. The first-order valence-corrected chi connectivity index (χ1v) is 6.36. The van der Waals surface area contributed by atoms with Crippen LogP contribution in [0.1, 0.15) is 43.7 Å². The summed E-state index contributed by atoms with van der Waals surface area (Å²) >= 11 is 0. The van der Waals surface area contributed by atoms with Crippen LogP contribution < -0.4 is 5.32 Å². The number of hydrogen-bond acceptors (Lipinski definition) is 3. The SMILES string of the molecule is CC(C)NCC1CCCc2c1ccc(O)c2O. The molecule has 0 fully saturated rings. The van der Waals surface area contributed by atoms with Crippen molar-refractivity contribution in [1.29, 1.82) is 0 Å². The lowest BCUT2D eigenvalue weighted by molar-refractivity contribution is 0.391. The van der Waals surface area contributed by atoms with Gasteiger partial charge >= 0.3 is 0 Å². The van der Waals surface area contributed by atoms with Crippen molar-refractivity contribution in [3.05, 3.63) is 23.3 Å². The highest BCUT2D eigenvalue weighted by atomic mass is 16.3. The third kappa shape index (κ3) is 2.55. The predicted octanol–water partition coefficient (Wildman–Crippen LogP) is 2.52. The third-order valence-electron chi connectivity index (χ3n) is 3.49. The quantitative estimate of drug-likeness (QED) is 0.706. The molecular weight excluding hydrogens is 214 g/mol. The molecule has 0 heterocycles. The van der Waals surface area contributed by atoms with Gasteiger partial charge in [0.1, 0.15) is 0 Å². The van der Waals surface area contributed by atoms with Gasteiger partial charge in [-0.1, -0.05) is 19.9 Å². The van der Waals surface area contributed by atoms with E-state index >= 15 is 0 Å². The van der Waals surface area contributed by atoms with Crippen molar-refractivity contribution in [2.45, 2.75) is 45.1 Å². The second-order valence-corrected chi connectivity index (χ2v) is 5.15. The van der Waals surface area contributed by atoms with Crippen LogP contribution >= 0.6 is 0 Å². The van der Waals surface area contributed by atoms with Crippen LogP contribution in [0.15, 0.2) is 12.1 Å². The van der Waals surface area contributed by atoms with Crippen molar-refractivity contribution in [3.63, 3.8) is 0 Å². The Bertz CT molecular complexity index is 401. The molecular formula is C14H21NO2. The summed E-state index contributed by atoms with van der Waals surface area (Å²) in [6.45, 7) is 5.21. The number of fused-ring (bicyclic) bond motifs is 1. The van der Waals surface area contributed by atoms with E-state index in [2.05, 4.69) is 19.2 Å². The number of phenols is 2. The maximum Gasteiger partial charge on any atom is 0.160 e. The lowest BCUT2D eigenvalue weighted by Gasteiger charge is -2.27. The van der Waals surface area contributed by atoms with E-state index in [1.165, 1.54) is 5.56 Å². The van der Waals surface area contributed by atoms with E-state index in [0.717, 1.165) is 31.4 Å². The average molecular weight is 235 g/mol. The molecule has 0 saturated heterocycles. The molecule has 17 heavy (non-hydrogen) atoms. The number of rotatable bonds is 3. The second-order valence-electron chi connectivity index (χ2n) is 5.15. The number of hydrogen-bond donors (Lipinski definition) is 3. The molecule has 3 heteroatoms. The molecule has 0 aliphatic heterocycles. The summed E-state index contributed by atoms with van der Waals surface area (Å²) in [5.41, 5.74) is 2.13. The van der Waals surface area contributed by atoms with Gasteiger partial charge < -0.3 is 15.5 Å². The highest BCUT2D eigenvalue weighted by Gasteiger charge is 2.23. The molecule has 1 aliphatic carbocycles. The second kappa shape index (κ2) is 4.96. The molecule has 1 aliphatic rings. The number of benzene rings is 1. The maximum absolute atomic E-state index is 9.87. The van der Waals surface area contributed by atoms with Crippen molar-refractivity contribution in [1.82, 2.24) is 5.32 Å². The normalized spacial score (nSPS) is 19.4. The Balaban J connectivity index is 2.23. The van der Waals surface area contributed by atoms with E-state index in [0.29, 0.717) is 12.0 Å². The minimum absolute atomic E-state index is 0.00113. The molecule has 2 rings (SSSR count). The van der Waals surface area contributed by atoms with E-state index in [-0.39, 0.29) is 11.5 Å². The van der Waals surface area contributed by atoms with Gasteiger partial charge in [0.05, 0.1) is 0 Å². The largest absolute Gasteiger partial charge is 0.504 e. The summed E-state index contributed by atoms with van der Waals surface area (Å²) in [5.74, 6) is 0.533. The molecule has 1 unspecified atom stereocenters. The summed E-state index contributed by atoms with van der Waals surface area (Å²) in [6, 6.07) is 4.03. The highest BCUT2D eigenvalue weighted by molar-refractivity contribution is 5.51. The Morgan fingerprint density at radius 2 is 2.12 bits per heavy atom. The summed E-state index contributed by atoms with van der Waals surface area (Å²) in [4.78, 5) is 0. The summed E-state index contributed by atoms with van der Waals surface area (Å²) in [6.07, 6.45) is 3.10. The van der Waals surface area contributed by atoms with Crippen molar-refractivity contribution in [2.24, 2.45) is 0 Å². The number of nitrogens with one attached hydrogen (secondary N) is 1. The van der Waals surface area contributed by atoms with Crippen LogP contribution in [0.5, 0.6) is 11.5 Å². The fourth-order valence-electron chi connectivity index (χ4n) is 2.56. The minimum atomic E-state index is 0.00113. The fraction of sp³-hybridized carbons (Fsp3) is 0.571. The molecule has 0 spiro atoms. The first-order valence-electron chi connectivity index (χ1n) is 6.36. The molecule has 3 N–H and O–H groups in total. The zero-order valence-corrected chi connectivity index (χ0v) is 10.5. The summed E-state index contributed by atoms with van der Waals surface area (Å²) in [7, 11) is 0.